The quantitative estimate of drug-likeness (QED) is 0.667. The van der Waals surface area contributed by atoms with Crippen molar-refractivity contribution in [1.82, 2.24) is 4.90 Å². The molecule has 0 saturated heterocycles. The van der Waals surface area contributed by atoms with Gasteiger partial charge in [-0.3, -0.25) is 4.90 Å². The summed E-state index contributed by atoms with van der Waals surface area (Å²) in [5.41, 5.74) is 1.38. The van der Waals surface area contributed by atoms with E-state index in [0.29, 0.717) is 0 Å². The van der Waals surface area contributed by atoms with Crippen LogP contribution < -0.4 is 0 Å². The Balaban J connectivity index is 2.60. The van der Waals surface area contributed by atoms with Crippen LogP contribution in [0.4, 0.5) is 0 Å². The Morgan fingerprint density at radius 2 is 2.46 bits per heavy atom. The molecule has 0 atom stereocenters. The van der Waals surface area contributed by atoms with Gasteiger partial charge in [0, 0.05) is 25.5 Å². The lowest BCUT2D eigenvalue weighted by atomic mass is 10.1. The molecular formula is C10H16ClNS. The molecule has 1 rings (SSSR count). The topological polar surface area (TPSA) is 3.24 Å². The molecule has 0 spiro atoms. The molecule has 1 nitrogen and oxygen atoms in total. The predicted octanol–water partition coefficient (Wildman–Crippen LogP) is 2.73. The summed E-state index contributed by atoms with van der Waals surface area (Å²) < 4.78 is 0. The highest BCUT2D eigenvalue weighted by Gasteiger charge is 2.15. The van der Waals surface area contributed by atoms with Crippen molar-refractivity contribution >= 4 is 23.4 Å². The fraction of sp³-hybridized carbons (Fsp3) is 0.600. The Hall–Kier alpha value is 0.0800. The number of hydrogen-bond acceptors (Lipinski definition) is 2. The van der Waals surface area contributed by atoms with Gasteiger partial charge in [0.05, 0.1) is 0 Å². The molecule has 1 aliphatic rings. The smallest absolute Gasteiger partial charge is 0.0351 e. The van der Waals surface area contributed by atoms with Crippen LogP contribution >= 0.6 is 23.4 Å². The van der Waals surface area contributed by atoms with E-state index in [4.69, 9.17) is 11.6 Å². The van der Waals surface area contributed by atoms with E-state index in [1.54, 1.807) is 0 Å². The van der Waals surface area contributed by atoms with Crippen molar-refractivity contribution < 1.29 is 0 Å². The standard InChI is InChI=1S/C10H16ClNS/c1-3-9-8-12(7-5-11)6-4-10(9)13-2/h3H,1,4-8H2,2H3. The first-order chi connectivity index (χ1) is 6.31. The van der Waals surface area contributed by atoms with Crippen LogP contribution in [0, 0.1) is 0 Å². The van der Waals surface area contributed by atoms with Gasteiger partial charge in [0.15, 0.2) is 0 Å². The van der Waals surface area contributed by atoms with Gasteiger partial charge in [0.2, 0.25) is 0 Å². The fourth-order valence-corrected chi connectivity index (χ4v) is 2.49. The van der Waals surface area contributed by atoms with Gasteiger partial charge in [0.25, 0.3) is 0 Å². The Bertz CT molecular complexity index is 213. The minimum atomic E-state index is 0.721. The molecule has 0 amide bonds. The van der Waals surface area contributed by atoms with Gasteiger partial charge in [-0.05, 0) is 23.2 Å². The maximum Gasteiger partial charge on any atom is 0.0351 e. The average Bonchev–Trinajstić information content (AvgIpc) is 2.18. The molecule has 0 unspecified atom stereocenters. The van der Waals surface area contributed by atoms with Crippen molar-refractivity contribution in [3.8, 4) is 0 Å². The second kappa shape index (κ2) is 5.74. The van der Waals surface area contributed by atoms with E-state index in [9.17, 15) is 0 Å². The first-order valence-electron chi connectivity index (χ1n) is 4.48. The monoisotopic (exact) mass is 217 g/mol. The van der Waals surface area contributed by atoms with Gasteiger partial charge < -0.3 is 0 Å². The van der Waals surface area contributed by atoms with Crippen LogP contribution in [0.5, 0.6) is 0 Å². The Kier molecular flexibility index (Phi) is 4.92. The number of thioether (sulfide) groups is 1. The van der Waals surface area contributed by atoms with Crippen molar-refractivity contribution in [3.63, 3.8) is 0 Å². The van der Waals surface area contributed by atoms with Gasteiger partial charge >= 0.3 is 0 Å². The first kappa shape index (κ1) is 11.2. The largest absolute Gasteiger partial charge is 0.298 e. The lowest BCUT2D eigenvalue weighted by Crippen LogP contribution is -2.32. The van der Waals surface area contributed by atoms with Crippen LogP contribution in [0.1, 0.15) is 6.42 Å². The Morgan fingerprint density at radius 3 is 3.00 bits per heavy atom. The zero-order valence-electron chi connectivity index (χ0n) is 8.05. The highest BCUT2D eigenvalue weighted by Crippen LogP contribution is 2.26. The van der Waals surface area contributed by atoms with Gasteiger partial charge in [0.1, 0.15) is 0 Å². The zero-order valence-corrected chi connectivity index (χ0v) is 9.63. The lowest BCUT2D eigenvalue weighted by Gasteiger charge is -2.28. The summed E-state index contributed by atoms with van der Waals surface area (Å²) >= 11 is 7.55. The normalized spacial score (nSPS) is 19.2. The second-order valence-corrected chi connectivity index (χ2v) is 4.35. The summed E-state index contributed by atoms with van der Waals surface area (Å²) in [5.74, 6) is 0.721. The van der Waals surface area contributed by atoms with Crippen LogP contribution in [0.25, 0.3) is 0 Å². The molecule has 1 heterocycles. The van der Waals surface area contributed by atoms with E-state index < -0.39 is 0 Å². The summed E-state index contributed by atoms with van der Waals surface area (Å²) in [6.45, 7) is 6.99. The average molecular weight is 218 g/mol. The minimum absolute atomic E-state index is 0.721. The molecule has 74 valence electrons. The molecule has 0 saturated carbocycles. The van der Waals surface area contributed by atoms with Crippen LogP contribution in [0.15, 0.2) is 23.1 Å². The van der Waals surface area contributed by atoms with E-state index in [0.717, 1.165) is 31.9 Å². The Labute approximate surface area is 89.8 Å². The maximum atomic E-state index is 5.71. The Morgan fingerprint density at radius 1 is 1.69 bits per heavy atom. The predicted molar refractivity (Wildman–Crippen MR) is 62.5 cm³/mol. The van der Waals surface area contributed by atoms with Crippen LogP contribution in [0.3, 0.4) is 0 Å². The van der Waals surface area contributed by atoms with Crippen LogP contribution in [0.2, 0.25) is 0 Å². The molecule has 0 aromatic heterocycles. The highest BCUT2D eigenvalue weighted by atomic mass is 35.5. The number of rotatable bonds is 4. The molecule has 0 aromatic rings. The molecule has 1 aliphatic heterocycles. The molecule has 0 radical (unpaired) electrons. The van der Waals surface area contributed by atoms with Crippen molar-refractivity contribution in [3.05, 3.63) is 23.1 Å². The fourth-order valence-electron chi connectivity index (χ4n) is 1.55. The molecule has 0 fully saturated rings. The number of alkyl halides is 1. The minimum Gasteiger partial charge on any atom is -0.298 e. The third kappa shape index (κ3) is 3.04. The van der Waals surface area contributed by atoms with Gasteiger partial charge in [-0.25, -0.2) is 0 Å². The molecule has 0 N–H and O–H groups in total. The molecule has 3 heteroatoms. The van der Waals surface area contributed by atoms with E-state index in [-0.39, 0.29) is 0 Å². The number of hydrogen-bond donors (Lipinski definition) is 0. The SMILES string of the molecule is C=CC1=C(SC)CCN(CCCl)C1. The molecule has 0 aromatic carbocycles. The van der Waals surface area contributed by atoms with E-state index in [1.807, 2.05) is 17.8 Å². The van der Waals surface area contributed by atoms with Crippen LogP contribution in [-0.2, 0) is 0 Å². The zero-order chi connectivity index (χ0) is 9.68. The van der Waals surface area contributed by atoms with Crippen molar-refractivity contribution in [2.24, 2.45) is 0 Å². The van der Waals surface area contributed by atoms with Crippen molar-refractivity contribution in [1.29, 1.82) is 0 Å². The van der Waals surface area contributed by atoms with E-state index in [2.05, 4.69) is 17.7 Å². The summed E-state index contributed by atoms with van der Waals surface area (Å²) in [6, 6.07) is 0. The highest BCUT2D eigenvalue weighted by molar-refractivity contribution is 8.02. The van der Waals surface area contributed by atoms with Gasteiger partial charge in [-0.1, -0.05) is 12.7 Å². The third-order valence-corrected chi connectivity index (χ3v) is 3.43. The number of nitrogens with zero attached hydrogens (tertiary/aromatic N) is 1. The van der Waals surface area contributed by atoms with Gasteiger partial charge in [-0.2, -0.15) is 0 Å². The third-order valence-electron chi connectivity index (χ3n) is 2.30. The molecule has 0 bridgehead atoms. The van der Waals surface area contributed by atoms with E-state index >= 15 is 0 Å². The second-order valence-electron chi connectivity index (χ2n) is 3.07. The van der Waals surface area contributed by atoms with Crippen molar-refractivity contribution in [2.45, 2.75) is 6.42 Å². The summed E-state index contributed by atoms with van der Waals surface area (Å²) in [4.78, 5) is 3.87. The summed E-state index contributed by atoms with van der Waals surface area (Å²) in [6.07, 6.45) is 5.27. The first-order valence-corrected chi connectivity index (χ1v) is 6.24. The lowest BCUT2D eigenvalue weighted by molar-refractivity contribution is 0.309. The molecule has 13 heavy (non-hydrogen) atoms. The summed E-state index contributed by atoms with van der Waals surface area (Å²) in [5, 5.41) is 0. The molecule has 0 aliphatic carbocycles. The maximum absolute atomic E-state index is 5.71. The number of halogens is 1. The van der Waals surface area contributed by atoms with Crippen molar-refractivity contribution in [2.75, 3.05) is 31.8 Å². The van der Waals surface area contributed by atoms with Gasteiger partial charge in [-0.15, -0.1) is 23.4 Å². The molecular weight excluding hydrogens is 202 g/mol. The van der Waals surface area contributed by atoms with E-state index in [1.165, 1.54) is 10.5 Å². The summed E-state index contributed by atoms with van der Waals surface area (Å²) in [7, 11) is 0. The van der Waals surface area contributed by atoms with Crippen LogP contribution in [-0.4, -0.2) is 36.7 Å².